The standard InChI is InChI=1S/C20H14N4/c1-3-7-15(8-4-1)17-11-12-21-18(13-17)20-23-19(14-22-24-20)16-9-5-2-6-10-16/h1-14H. The molecule has 4 heteroatoms. The number of nitrogens with zero attached hydrogens (tertiary/aromatic N) is 4. The van der Waals surface area contributed by atoms with Gasteiger partial charge in [0.2, 0.25) is 5.82 Å². The second-order valence-corrected chi connectivity index (χ2v) is 5.33. The van der Waals surface area contributed by atoms with E-state index in [9.17, 15) is 0 Å². The minimum atomic E-state index is 0.522. The van der Waals surface area contributed by atoms with Crippen molar-refractivity contribution in [1.29, 1.82) is 0 Å². The van der Waals surface area contributed by atoms with E-state index in [1.54, 1.807) is 12.4 Å². The first-order valence-electron chi connectivity index (χ1n) is 7.67. The van der Waals surface area contributed by atoms with Gasteiger partial charge in [-0.1, -0.05) is 60.7 Å². The molecule has 0 bridgehead atoms. The summed E-state index contributed by atoms with van der Waals surface area (Å²) in [4.78, 5) is 9.02. The van der Waals surface area contributed by atoms with Crippen LogP contribution in [-0.2, 0) is 0 Å². The SMILES string of the molecule is c1ccc(-c2ccnc(-c3nncc(-c4ccccc4)n3)c2)cc1. The molecule has 2 heterocycles. The Labute approximate surface area is 139 Å². The summed E-state index contributed by atoms with van der Waals surface area (Å²) in [7, 11) is 0. The second-order valence-electron chi connectivity index (χ2n) is 5.33. The normalized spacial score (nSPS) is 10.5. The van der Waals surface area contributed by atoms with Gasteiger partial charge in [-0.15, -0.1) is 5.10 Å². The molecule has 4 rings (SSSR count). The van der Waals surface area contributed by atoms with Gasteiger partial charge >= 0.3 is 0 Å². The van der Waals surface area contributed by atoms with E-state index < -0.39 is 0 Å². The van der Waals surface area contributed by atoms with Gasteiger partial charge in [-0.2, -0.15) is 5.10 Å². The molecular weight excluding hydrogens is 296 g/mol. The molecule has 0 saturated heterocycles. The summed E-state index contributed by atoms with van der Waals surface area (Å²) in [6.45, 7) is 0. The molecule has 24 heavy (non-hydrogen) atoms. The van der Waals surface area contributed by atoms with Gasteiger partial charge in [0.1, 0.15) is 5.69 Å². The van der Waals surface area contributed by atoms with Gasteiger partial charge in [0.05, 0.1) is 11.9 Å². The Hall–Kier alpha value is -3.40. The van der Waals surface area contributed by atoms with E-state index in [-0.39, 0.29) is 0 Å². The van der Waals surface area contributed by atoms with Crippen molar-refractivity contribution in [2.45, 2.75) is 0 Å². The van der Waals surface area contributed by atoms with Crippen molar-refractivity contribution in [1.82, 2.24) is 20.2 Å². The van der Waals surface area contributed by atoms with Crippen LogP contribution in [0.1, 0.15) is 0 Å². The molecule has 0 amide bonds. The van der Waals surface area contributed by atoms with Gasteiger partial charge in [0, 0.05) is 11.8 Å². The van der Waals surface area contributed by atoms with Crippen LogP contribution in [0.5, 0.6) is 0 Å². The molecule has 2 aromatic carbocycles. The van der Waals surface area contributed by atoms with E-state index in [1.165, 1.54) is 0 Å². The summed E-state index contributed by atoms with van der Waals surface area (Å²) >= 11 is 0. The topological polar surface area (TPSA) is 51.6 Å². The zero-order valence-electron chi connectivity index (χ0n) is 12.9. The lowest BCUT2D eigenvalue weighted by Crippen LogP contribution is -1.96. The number of rotatable bonds is 3. The van der Waals surface area contributed by atoms with Crippen molar-refractivity contribution >= 4 is 0 Å². The first kappa shape index (κ1) is 14.2. The van der Waals surface area contributed by atoms with Crippen LogP contribution < -0.4 is 0 Å². The summed E-state index contributed by atoms with van der Waals surface area (Å²) in [5, 5.41) is 8.23. The Balaban J connectivity index is 1.75. The average molecular weight is 310 g/mol. The van der Waals surface area contributed by atoms with E-state index in [4.69, 9.17) is 0 Å². The fraction of sp³-hybridized carbons (Fsp3) is 0. The van der Waals surface area contributed by atoms with Gasteiger partial charge in [-0.05, 0) is 23.3 Å². The van der Waals surface area contributed by atoms with Crippen LogP contribution in [0.2, 0.25) is 0 Å². The minimum absolute atomic E-state index is 0.522. The highest BCUT2D eigenvalue weighted by atomic mass is 15.1. The number of benzene rings is 2. The summed E-state index contributed by atoms with van der Waals surface area (Å²) in [6.07, 6.45) is 3.44. The lowest BCUT2D eigenvalue weighted by molar-refractivity contribution is 0.975. The highest BCUT2D eigenvalue weighted by Crippen LogP contribution is 2.23. The number of pyridine rings is 1. The van der Waals surface area contributed by atoms with Crippen molar-refractivity contribution in [2.24, 2.45) is 0 Å². The summed E-state index contributed by atoms with van der Waals surface area (Å²) in [5.41, 5.74) is 4.71. The van der Waals surface area contributed by atoms with Crippen LogP contribution in [0.3, 0.4) is 0 Å². The zero-order chi connectivity index (χ0) is 16.2. The molecule has 0 fully saturated rings. The highest BCUT2D eigenvalue weighted by molar-refractivity contribution is 5.68. The van der Waals surface area contributed by atoms with Crippen LogP contribution in [0, 0.1) is 0 Å². The monoisotopic (exact) mass is 310 g/mol. The second kappa shape index (κ2) is 6.38. The van der Waals surface area contributed by atoms with E-state index in [2.05, 4.69) is 32.3 Å². The summed E-state index contributed by atoms with van der Waals surface area (Å²) < 4.78 is 0. The predicted molar refractivity (Wildman–Crippen MR) is 93.9 cm³/mol. The van der Waals surface area contributed by atoms with Crippen LogP contribution in [0.25, 0.3) is 33.9 Å². The first-order valence-corrected chi connectivity index (χ1v) is 7.67. The number of aromatic nitrogens is 4. The van der Waals surface area contributed by atoms with Gasteiger partial charge < -0.3 is 0 Å². The Bertz CT molecular complexity index is 872. The Morgan fingerprint density at radius 3 is 2.08 bits per heavy atom. The minimum Gasteiger partial charge on any atom is -0.253 e. The molecule has 0 radical (unpaired) electrons. The molecule has 0 aliphatic heterocycles. The molecule has 0 unspecified atom stereocenters. The molecule has 0 aliphatic carbocycles. The molecule has 0 spiro atoms. The average Bonchev–Trinajstić information content (AvgIpc) is 2.70. The molecule has 114 valence electrons. The Kier molecular flexibility index (Phi) is 3.78. The van der Waals surface area contributed by atoms with Crippen molar-refractivity contribution < 1.29 is 0 Å². The van der Waals surface area contributed by atoms with Crippen LogP contribution in [0.4, 0.5) is 0 Å². The summed E-state index contributed by atoms with van der Waals surface area (Å²) in [5.74, 6) is 0.522. The third kappa shape index (κ3) is 2.90. The maximum absolute atomic E-state index is 4.61. The molecule has 4 nitrogen and oxygen atoms in total. The van der Waals surface area contributed by atoms with E-state index >= 15 is 0 Å². The lowest BCUT2D eigenvalue weighted by Gasteiger charge is -2.05. The molecule has 4 aromatic rings. The molecule has 0 saturated carbocycles. The van der Waals surface area contributed by atoms with Gasteiger partial charge in [0.15, 0.2) is 0 Å². The molecule has 0 atom stereocenters. The van der Waals surface area contributed by atoms with Gasteiger partial charge in [-0.3, -0.25) is 4.98 Å². The Morgan fingerprint density at radius 1 is 0.625 bits per heavy atom. The van der Waals surface area contributed by atoms with Crippen LogP contribution >= 0.6 is 0 Å². The quantitative estimate of drug-likeness (QED) is 0.567. The molecule has 2 aromatic heterocycles. The van der Waals surface area contributed by atoms with Crippen LogP contribution in [0.15, 0.2) is 85.2 Å². The predicted octanol–water partition coefficient (Wildman–Crippen LogP) is 4.27. The van der Waals surface area contributed by atoms with Gasteiger partial charge in [0.25, 0.3) is 0 Å². The zero-order valence-corrected chi connectivity index (χ0v) is 12.9. The largest absolute Gasteiger partial charge is 0.253 e. The highest BCUT2D eigenvalue weighted by Gasteiger charge is 2.08. The van der Waals surface area contributed by atoms with Crippen molar-refractivity contribution in [3.05, 3.63) is 85.2 Å². The molecular formula is C20H14N4. The summed E-state index contributed by atoms with van der Waals surface area (Å²) in [6, 6.07) is 24.1. The third-order valence-corrected chi connectivity index (χ3v) is 3.72. The van der Waals surface area contributed by atoms with E-state index in [0.717, 1.165) is 22.4 Å². The smallest absolute Gasteiger partial charge is 0.200 e. The number of hydrogen-bond donors (Lipinski definition) is 0. The fourth-order valence-corrected chi connectivity index (χ4v) is 2.52. The number of hydrogen-bond acceptors (Lipinski definition) is 4. The fourth-order valence-electron chi connectivity index (χ4n) is 2.52. The maximum Gasteiger partial charge on any atom is 0.200 e. The lowest BCUT2D eigenvalue weighted by atomic mass is 10.1. The van der Waals surface area contributed by atoms with E-state index in [0.29, 0.717) is 11.5 Å². The van der Waals surface area contributed by atoms with E-state index in [1.807, 2.05) is 60.7 Å². The van der Waals surface area contributed by atoms with Crippen molar-refractivity contribution in [2.75, 3.05) is 0 Å². The Morgan fingerprint density at radius 2 is 1.33 bits per heavy atom. The molecule has 0 aliphatic rings. The molecule has 0 N–H and O–H groups in total. The maximum atomic E-state index is 4.61. The van der Waals surface area contributed by atoms with Crippen molar-refractivity contribution in [3.8, 4) is 33.9 Å². The van der Waals surface area contributed by atoms with Crippen molar-refractivity contribution in [3.63, 3.8) is 0 Å². The third-order valence-electron chi connectivity index (χ3n) is 3.72. The van der Waals surface area contributed by atoms with Crippen LogP contribution in [-0.4, -0.2) is 20.2 Å². The first-order chi connectivity index (χ1) is 11.9. The van der Waals surface area contributed by atoms with Gasteiger partial charge in [-0.25, -0.2) is 4.98 Å².